The van der Waals surface area contributed by atoms with Crippen molar-refractivity contribution in [3.63, 3.8) is 0 Å². The summed E-state index contributed by atoms with van der Waals surface area (Å²) in [5.41, 5.74) is 2.15. The second-order valence-electron chi connectivity index (χ2n) is 7.05. The Balaban J connectivity index is 2.29. The summed E-state index contributed by atoms with van der Waals surface area (Å²) in [7, 11) is 5.47. The number of hydrogen-bond acceptors (Lipinski definition) is 10. The third kappa shape index (κ3) is 8.55. The van der Waals surface area contributed by atoms with Crippen molar-refractivity contribution < 1.29 is 28.5 Å². The summed E-state index contributed by atoms with van der Waals surface area (Å²) in [5, 5.41) is 8.92. The Morgan fingerprint density at radius 2 is 1.46 bits per heavy atom. The predicted octanol–water partition coefficient (Wildman–Crippen LogP) is 2.04. The van der Waals surface area contributed by atoms with Crippen molar-refractivity contribution in [3.05, 3.63) is 46.8 Å². The number of aliphatic imine (C=N–C) groups is 1. The molecule has 0 saturated carbocycles. The standard InChI is InChI=1S/C22H28N6O6S/c1-12-7-13(2)25-21(24-12)27-20(23-11-17(31-3)32-4)28-22(35)26-16-9-14(18(29)33-5)8-15(10-16)19(30)34-6/h7-10,17H,11H2,1-6H3,(H3,23,24,25,26,27,28,35). The summed E-state index contributed by atoms with van der Waals surface area (Å²) >= 11 is 5.41. The van der Waals surface area contributed by atoms with Gasteiger partial charge in [-0.2, -0.15) is 0 Å². The minimum atomic E-state index is -0.626. The Bertz CT molecular complexity index is 1050. The van der Waals surface area contributed by atoms with E-state index in [4.69, 9.17) is 31.2 Å². The third-order valence-corrected chi connectivity index (χ3v) is 4.61. The Morgan fingerprint density at radius 1 is 0.914 bits per heavy atom. The molecule has 2 aromatic rings. The lowest BCUT2D eigenvalue weighted by Crippen LogP contribution is -2.40. The van der Waals surface area contributed by atoms with Crippen LogP contribution in [0.1, 0.15) is 32.1 Å². The van der Waals surface area contributed by atoms with Crippen molar-refractivity contribution in [2.75, 3.05) is 45.6 Å². The number of methoxy groups -OCH3 is 4. The lowest BCUT2D eigenvalue weighted by atomic mass is 10.1. The van der Waals surface area contributed by atoms with E-state index in [1.807, 2.05) is 19.9 Å². The summed E-state index contributed by atoms with van der Waals surface area (Å²) in [5.74, 6) is -0.731. The Hall–Kier alpha value is -3.68. The van der Waals surface area contributed by atoms with Gasteiger partial charge in [-0.15, -0.1) is 0 Å². The van der Waals surface area contributed by atoms with Crippen LogP contribution >= 0.6 is 12.2 Å². The molecule has 0 saturated heterocycles. The number of carbonyl (C=O) groups excluding carboxylic acids is 2. The molecule has 188 valence electrons. The van der Waals surface area contributed by atoms with Crippen molar-refractivity contribution >= 4 is 46.9 Å². The molecular weight excluding hydrogens is 476 g/mol. The highest BCUT2D eigenvalue weighted by atomic mass is 32.1. The van der Waals surface area contributed by atoms with Crippen molar-refractivity contribution in [1.82, 2.24) is 15.3 Å². The van der Waals surface area contributed by atoms with Gasteiger partial charge in [0.25, 0.3) is 0 Å². The molecule has 1 aromatic heterocycles. The van der Waals surface area contributed by atoms with Crippen LogP contribution in [0.3, 0.4) is 0 Å². The van der Waals surface area contributed by atoms with Crippen molar-refractivity contribution in [2.24, 2.45) is 4.99 Å². The zero-order valence-electron chi connectivity index (χ0n) is 20.3. The first-order valence-corrected chi connectivity index (χ1v) is 10.7. The molecule has 0 atom stereocenters. The highest BCUT2D eigenvalue weighted by Gasteiger charge is 2.15. The van der Waals surface area contributed by atoms with E-state index in [9.17, 15) is 9.59 Å². The first-order chi connectivity index (χ1) is 16.7. The first kappa shape index (κ1) is 27.6. The number of nitrogens with one attached hydrogen (secondary N) is 3. The van der Waals surface area contributed by atoms with Crippen LogP contribution in [0.5, 0.6) is 0 Å². The van der Waals surface area contributed by atoms with E-state index in [0.29, 0.717) is 11.6 Å². The van der Waals surface area contributed by atoms with Crippen molar-refractivity contribution in [3.8, 4) is 0 Å². The molecule has 0 aliphatic rings. The van der Waals surface area contributed by atoms with Crippen LogP contribution in [-0.2, 0) is 18.9 Å². The molecule has 13 heteroatoms. The van der Waals surface area contributed by atoms with Gasteiger partial charge < -0.3 is 29.6 Å². The fourth-order valence-electron chi connectivity index (χ4n) is 2.85. The highest BCUT2D eigenvalue weighted by Crippen LogP contribution is 2.17. The second kappa shape index (κ2) is 13.3. The average molecular weight is 505 g/mol. The molecule has 2 rings (SSSR count). The van der Waals surface area contributed by atoms with E-state index >= 15 is 0 Å². The molecule has 0 aliphatic heterocycles. The molecule has 1 heterocycles. The SMILES string of the molecule is COC(=O)c1cc(NC(=S)NC(=NCC(OC)OC)Nc2nc(C)cc(C)n2)cc(C(=O)OC)c1. The summed E-state index contributed by atoms with van der Waals surface area (Å²) in [6, 6.07) is 6.16. The number of rotatable bonds is 8. The van der Waals surface area contributed by atoms with Crippen LogP contribution in [0.25, 0.3) is 0 Å². The summed E-state index contributed by atoms with van der Waals surface area (Å²) in [6.07, 6.45) is -0.588. The van der Waals surface area contributed by atoms with Crippen LogP contribution in [0, 0.1) is 13.8 Å². The van der Waals surface area contributed by atoms with Gasteiger partial charge in [0.2, 0.25) is 11.9 Å². The van der Waals surface area contributed by atoms with E-state index in [-0.39, 0.29) is 28.7 Å². The van der Waals surface area contributed by atoms with E-state index in [1.54, 1.807) is 0 Å². The average Bonchev–Trinajstić information content (AvgIpc) is 2.82. The van der Waals surface area contributed by atoms with Gasteiger partial charge in [-0.05, 0) is 50.3 Å². The normalized spacial score (nSPS) is 11.1. The van der Waals surface area contributed by atoms with Crippen LogP contribution in [0.2, 0.25) is 0 Å². The van der Waals surface area contributed by atoms with Gasteiger partial charge in [0.05, 0.1) is 31.9 Å². The fraction of sp³-hybridized carbons (Fsp3) is 0.364. The molecule has 0 aliphatic carbocycles. The zero-order chi connectivity index (χ0) is 26.0. The quantitative estimate of drug-likeness (QED) is 0.159. The van der Waals surface area contributed by atoms with Gasteiger partial charge in [0.15, 0.2) is 11.4 Å². The number of hydrogen-bond donors (Lipinski definition) is 3. The number of thiocarbonyl (C=S) groups is 1. The number of ether oxygens (including phenoxy) is 4. The van der Waals surface area contributed by atoms with Crippen LogP contribution < -0.4 is 16.0 Å². The number of aryl methyl sites for hydroxylation is 2. The molecule has 3 N–H and O–H groups in total. The number of guanidine groups is 1. The van der Waals surface area contributed by atoms with Crippen molar-refractivity contribution in [2.45, 2.75) is 20.1 Å². The first-order valence-electron chi connectivity index (χ1n) is 10.3. The molecule has 0 spiro atoms. The monoisotopic (exact) mass is 504 g/mol. The van der Waals surface area contributed by atoms with Crippen LogP contribution in [0.4, 0.5) is 11.6 Å². The van der Waals surface area contributed by atoms with Crippen molar-refractivity contribution in [1.29, 1.82) is 0 Å². The van der Waals surface area contributed by atoms with Gasteiger partial charge >= 0.3 is 11.9 Å². The lowest BCUT2D eigenvalue weighted by molar-refractivity contribution is -0.0937. The molecule has 12 nitrogen and oxygen atoms in total. The fourth-order valence-corrected chi connectivity index (χ4v) is 3.06. The zero-order valence-corrected chi connectivity index (χ0v) is 21.1. The maximum Gasteiger partial charge on any atom is 0.337 e. The number of aromatic nitrogens is 2. The number of carbonyl (C=O) groups is 2. The van der Waals surface area contributed by atoms with Crippen LogP contribution in [-0.4, -0.2) is 74.3 Å². The van der Waals surface area contributed by atoms with E-state index < -0.39 is 18.2 Å². The lowest BCUT2D eigenvalue weighted by Gasteiger charge is -2.16. The number of anilines is 2. The highest BCUT2D eigenvalue weighted by molar-refractivity contribution is 7.80. The molecule has 0 unspecified atom stereocenters. The maximum absolute atomic E-state index is 12.0. The minimum absolute atomic E-state index is 0.102. The Labute approximate surface area is 208 Å². The van der Waals surface area contributed by atoms with E-state index in [0.717, 1.165) is 11.4 Å². The van der Waals surface area contributed by atoms with Crippen LogP contribution in [0.15, 0.2) is 29.3 Å². The maximum atomic E-state index is 12.0. The summed E-state index contributed by atoms with van der Waals surface area (Å²) < 4.78 is 19.9. The molecular formula is C22H28N6O6S. The minimum Gasteiger partial charge on any atom is -0.465 e. The largest absolute Gasteiger partial charge is 0.465 e. The molecule has 0 radical (unpaired) electrons. The summed E-state index contributed by atoms with van der Waals surface area (Å²) in [6.45, 7) is 3.82. The molecule has 0 amide bonds. The Kier molecular flexibility index (Phi) is 10.5. The molecule has 0 fully saturated rings. The molecule has 1 aromatic carbocycles. The number of benzene rings is 1. The van der Waals surface area contributed by atoms with Gasteiger partial charge in [-0.1, -0.05) is 0 Å². The van der Waals surface area contributed by atoms with Gasteiger partial charge in [-0.3, -0.25) is 5.32 Å². The number of esters is 2. The third-order valence-electron chi connectivity index (χ3n) is 4.40. The topological polar surface area (TPSA) is 145 Å². The van der Waals surface area contributed by atoms with Gasteiger partial charge in [0, 0.05) is 31.3 Å². The Morgan fingerprint density at radius 3 is 1.94 bits per heavy atom. The molecule has 0 bridgehead atoms. The van der Waals surface area contributed by atoms with Gasteiger partial charge in [-0.25, -0.2) is 24.5 Å². The second-order valence-corrected chi connectivity index (χ2v) is 7.46. The predicted molar refractivity (Wildman–Crippen MR) is 134 cm³/mol. The van der Waals surface area contributed by atoms with E-state index in [1.165, 1.54) is 46.6 Å². The van der Waals surface area contributed by atoms with Gasteiger partial charge in [0.1, 0.15) is 0 Å². The van der Waals surface area contributed by atoms with E-state index in [2.05, 4.69) is 30.9 Å². The summed E-state index contributed by atoms with van der Waals surface area (Å²) in [4.78, 5) is 37.2. The smallest absolute Gasteiger partial charge is 0.337 e. The number of nitrogens with zero attached hydrogens (tertiary/aromatic N) is 3. The molecule has 35 heavy (non-hydrogen) atoms.